The Morgan fingerprint density at radius 3 is 2.00 bits per heavy atom. The Morgan fingerprint density at radius 1 is 0.931 bits per heavy atom. The van der Waals surface area contributed by atoms with Crippen molar-refractivity contribution in [2.75, 3.05) is 25.8 Å². The predicted molar refractivity (Wildman–Crippen MR) is 115 cm³/mol. The second-order valence-corrected chi connectivity index (χ2v) is 8.28. The molecule has 0 aliphatic carbocycles. The van der Waals surface area contributed by atoms with Crippen LogP contribution in [0.4, 0.5) is 4.39 Å². The summed E-state index contributed by atoms with van der Waals surface area (Å²) in [5.74, 6) is 0.884. The number of aliphatic hydroxyl groups is 2. The molecule has 0 radical (unpaired) electrons. The third kappa shape index (κ3) is 6.37. The lowest BCUT2D eigenvalue weighted by Gasteiger charge is -2.27. The molecule has 0 aliphatic heterocycles. The number of benzene rings is 2. The number of rotatable bonds is 10. The van der Waals surface area contributed by atoms with E-state index in [9.17, 15) is 14.6 Å². The molecule has 1 unspecified atom stereocenters. The molecule has 0 spiro atoms. The first kappa shape index (κ1) is 24.0. The van der Waals surface area contributed by atoms with Crippen molar-refractivity contribution in [2.45, 2.75) is 31.5 Å². The van der Waals surface area contributed by atoms with Crippen LogP contribution in [-0.4, -0.2) is 48.2 Å². The van der Waals surface area contributed by atoms with E-state index in [1.54, 1.807) is 24.3 Å². The fourth-order valence-corrected chi connectivity index (χ4v) is 3.34. The van der Waals surface area contributed by atoms with E-state index in [0.717, 1.165) is 11.1 Å². The molecule has 8 heteroatoms. The SMILES string of the molecule is CC(C)(c1ccc(OCC(O)CF)cc1)c1cc(Cl)c(OC[C@@H](O)CCl)c(Cl)c1. The number of halogens is 4. The standard InChI is InChI=1S/C21H24Cl3FO4/c1-21(2,13-3-5-17(6-4-13)28-12-16(27)10-25)14-7-18(23)20(19(24)8-14)29-11-15(26)9-22/h3-8,15-16,26-27H,9-12H2,1-2H3/t15-,16?/m0/s1. The van der Waals surface area contributed by atoms with Crippen LogP contribution in [0.25, 0.3) is 0 Å². The summed E-state index contributed by atoms with van der Waals surface area (Å²) >= 11 is 18.3. The minimum absolute atomic E-state index is 0.00968. The summed E-state index contributed by atoms with van der Waals surface area (Å²) in [5.41, 5.74) is 1.42. The summed E-state index contributed by atoms with van der Waals surface area (Å²) in [7, 11) is 0. The summed E-state index contributed by atoms with van der Waals surface area (Å²) < 4.78 is 23.2. The molecule has 2 aromatic rings. The molecule has 0 aromatic heterocycles. The molecule has 0 aliphatic rings. The van der Waals surface area contributed by atoms with Gasteiger partial charge in [-0.25, -0.2) is 4.39 Å². The molecule has 4 nitrogen and oxygen atoms in total. The van der Waals surface area contributed by atoms with Gasteiger partial charge in [0.1, 0.15) is 37.8 Å². The fourth-order valence-electron chi connectivity index (χ4n) is 2.65. The first-order valence-corrected chi connectivity index (χ1v) is 10.3. The molecule has 0 heterocycles. The maximum atomic E-state index is 12.3. The molecule has 2 rings (SSSR count). The van der Waals surface area contributed by atoms with Gasteiger partial charge < -0.3 is 19.7 Å². The number of alkyl halides is 2. The highest BCUT2D eigenvalue weighted by atomic mass is 35.5. The van der Waals surface area contributed by atoms with Crippen LogP contribution in [0.2, 0.25) is 10.0 Å². The average Bonchev–Trinajstić information content (AvgIpc) is 2.71. The second-order valence-electron chi connectivity index (χ2n) is 7.16. The zero-order valence-electron chi connectivity index (χ0n) is 16.2. The molecule has 0 bridgehead atoms. The van der Waals surface area contributed by atoms with Crippen LogP contribution in [0.5, 0.6) is 11.5 Å². The highest BCUT2D eigenvalue weighted by Gasteiger charge is 2.26. The van der Waals surface area contributed by atoms with Crippen molar-refractivity contribution in [3.63, 3.8) is 0 Å². The van der Waals surface area contributed by atoms with Crippen molar-refractivity contribution in [3.05, 3.63) is 57.6 Å². The lowest BCUT2D eigenvalue weighted by Crippen LogP contribution is -2.21. The van der Waals surface area contributed by atoms with E-state index >= 15 is 0 Å². The van der Waals surface area contributed by atoms with Gasteiger partial charge in [-0.05, 0) is 35.4 Å². The molecule has 160 valence electrons. The summed E-state index contributed by atoms with van der Waals surface area (Å²) in [6.07, 6.45) is -1.95. The third-order valence-electron chi connectivity index (χ3n) is 4.51. The zero-order valence-corrected chi connectivity index (χ0v) is 18.4. The Hall–Kier alpha value is -1.24. The van der Waals surface area contributed by atoms with Crippen molar-refractivity contribution in [2.24, 2.45) is 0 Å². The van der Waals surface area contributed by atoms with Crippen LogP contribution in [-0.2, 0) is 5.41 Å². The van der Waals surface area contributed by atoms with Crippen molar-refractivity contribution in [1.82, 2.24) is 0 Å². The van der Waals surface area contributed by atoms with Gasteiger partial charge in [0.15, 0.2) is 5.75 Å². The second kappa shape index (κ2) is 10.7. The van der Waals surface area contributed by atoms with Gasteiger partial charge in [0.25, 0.3) is 0 Å². The number of aliphatic hydroxyl groups excluding tert-OH is 2. The Labute approximate surface area is 185 Å². The van der Waals surface area contributed by atoms with Crippen molar-refractivity contribution >= 4 is 34.8 Å². The van der Waals surface area contributed by atoms with E-state index in [1.165, 1.54) is 0 Å². The summed E-state index contributed by atoms with van der Waals surface area (Å²) in [5, 5.41) is 19.5. The van der Waals surface area contributed by atoms with Gasteiger partial charge in [-0.3, -0.25) is 0 Å². The van der Waals surface area contributed by atoms with Gasteiger partial charge in [0.2, 0.25) is 0 Å². The van der Waals surface area contributed by atoms with Crippen LogP contribution >= 0.6 is 34.8 Å². The summed E-state index contributed by atoms with van der Waals surface area (Å²) in [6, 6.07) is 10.8. The summed E-state index contributed by atoms with van der Waals surface area (Å²) in [6.45, 7) is 3.08. The van der Waals surface area contributed by atoms with Crippen molar-refractivity contribution < 1.29 is 24.1 Å². The molecule has 0 saturated carbocycles. The van der Waals surface area contributed by atoms with Crippen LogP contribution in [0.15, 0.2) is 36.4 Å². The fraction of sp³-hybridized carbons (Fsp3) is 0.429. The number of hydrogen-bond acceptors (Lipinski definition) is 4. The molecular formula is C21H24Cl3FO4. The Kier molecular flexibility index (Phi) is 8.86. The first-order valence-electron chi connectivity index (χ1n) is 9.02. The van der Waals surface area contributed by atoms with E-state index in [1.807, 2.05) is 26.0 Å². The molecule has 0 amide bonds. The van der Waals surface area contributed by atoms with E-state index in [0.29, 0.717) is 21.5 Å². The topological polar surface area (TPSA) is 58.9 Å². The minimum Gasteiger partial charge on any atom is -0.491 e. The molecule has 2 atom stereocenters. The Bertz CT molecular complexity index is 776. The molecular weight excluding hydrogens is 442 g/mol. The maximum Gasteiger partial charge on any atom is 0.156 e. The quantitative estimate of drug-likeness (QED) is 0.484. The van der Waals surface area contributed by atoms with Gasteiger partial charge >= 0.3 is 0 Å². The number of hydrogen-bond donors (Lipinski definition) is 2. The van der Waals surface area contributed by atoms with E-state index in [4.69, 9.17) is 44.3 Å². The highest BCUT2D eigenvalue weighted by Crippen LogP contribution is 2.40. The van der Waals surface area contributed by atoms with E-state index < -0.39 is 24.3 Å². The number of ether oxygens (including phenoxy) is 2. The largest absolute Gasteiger partial charge is 0.491 e. The van der Waals surface area contributed by atoms with Gasteiger partial charge in [-0.15, -0.1) is 11.6 Å². The first-order chi connectivity index (χ1) is 13.7. The lowest BCUT2D eigenvalue weighted by molar-refractivity contribution is 0.0842. The van der Waals surface area contributed by atoms with Crippen LogP contribution in [0.3, 0.4) is 0 Å². The van der Waals surface area contributed by atoms with Gasteiger partial charge in [-0.1, -0.05) is 49.2 Å². The molecule has 29 heavy (non-hydrogen) atoms. The molecule has 0 saturated heterocycles. The highest BCUT2D eigenvalue weighted by molar-refractivity contribution is 6.37. The van der Waals surface area contributed by atoms with Crippen molar-refractivity contribution in [3.8, 4) is 11.5 Å². The summed E-state index contributed by atoms with van der Waals surface area (Å²) in [4.78, 5) is 0. The average molecular weight is 466 g/mol. The van der Waals surface area contributed by atoms with Gasteiger partial charge in [-0.2, -0.15) is 0 Å². The normalized spacial score (nSPS) is 13.8. The lowest BCUT2D eigenvalue weighted by atomic mass is 9.78. The van der Waals surface area contributed by atoms with Crippen molar-refractivity contribution in [1.29, 1.82) is 0 Å². The van der Waals surface area contributed by atoms with E-state index in [2.05, 4.69) is 0 Å². The maximum absolute atomic E-state index is 12.3. The predicted octanol–water partition coefficient (Wildman–Crippen LogP) is 5.01. The smallest absolute Gasteiger partial charge is 0.156 e. The Balaban J connectivity index is 2.19. The van der Waals surface area contributed by atoms with Gasteiger partial charge in [0.05, 0.1) is 15.9 Å². The van der Waals surface area contributed by atoms with Crippen LogP contribution in [0.1, 0.15) is 25.0 Å². The molecule has 2 N–H and O–H groups in total. The van der Waals surface area contributed by atoms with Crippen LogP contribution in [0, 0.1) is 0 Å². The zero-order chi connectivity index (χ0) is 21.6. The van der Waals surface area contributed by atoms with Gasteiger partial charge in [0, 0.05) is 5.41 Å². The molecule has 0 fully saturated rings. The third-order valence-corrected chi connectivity index (χ3v) is 5.43. The monoisotopic (exact) mass is 464 g/mol. The van der Waals surface area contributed by atoms with Crippen LogP contribution < -0.4 is 9.47 Å². The van der Waals surface area contributed by atoms with E-state index in [-0.39, 0.29) is 19.1 Å². The Morgan fingerprint density at radius 2 is 1.48 bits per heavy atom. The molecule has 2 aromatic carbocycles. The minimum atomic E-state index is -1.14.